The number of aromatic nitrogens is 2. The minimum Gasteiger partial charge on any atom is -0.296 e. The maximum absolute atomic E-state index is 13.4. The Kier molecular flexibility index (Phi) is 4.38. The number of rotatable bonds is 5. The highest BCUT2D eigenvalue weighted by atomic mass is 32.1. The highest BCUT2D eigenvalue weighted by Gasteiger charge is 2.35. The largest absolute Gasteiger partial charge is 0.296 e. The Labute approximate surface area is 126 Å². The fourth-order valence-corrected chi connectivity index (χ4v) is 6.67. The van der Waals surface area contributed by atoms with Crippen molar-refractivity contribution in [3.05, 3.63) is 23.2 Å². The first-order chi connectivity index (χ1) is 9.76. The van der Waals surface area contributed by atoms with Crippen LogP contribution >= 0.6 is 30.1 Å². The molecule has 0 amide bonds. The normalized spacial score (nSPS) is 17.0. The van der Waals surface area contributed by atoms with Gasteiger partial charge in [-0.3, -0.25) is 14.7 Å². The molecule has 1 saturated carbocycles. The van der Waals surface area contributed by atoms with Gasteiger partial charge in [-0.05, 0) is 12.8 Å². The summed E-state index contributed by atoms with van der Waals surface area (Å²) in [7, 11) is -2.78. The Hall–Kier alpha value is -0.910. The third-order valence-corrected chi connectivity index (χ3v) is 7.79. The van der Waals surface area contributed by atoms with E-state index in [1.165, 1.54) is 29.1 Å². The molecule has 0 aromatic carbocycles. The summed E-state index contributed by atoms with van der Waals surface area (Å²) in [5, 5.41) is 11.5. The van der Waals surface area contributed by atoms with E-state index in [0.717, 1.165) is 25.7 Å². The van der Waals surface area contributed by atoms with Crippen LogP contribution in [0.1, 0.15) is 32.1 Å². The molecule has 2 heterocycles. The fourth-order valence-electron chi connectivity index (χ4n) is 2.50. The number of nitrogens with zero attached hydrogens (tertiary/aromatic N) is 2. The molecule has 0 bridgehead atoms. The highest BCUT2D eigenvalue weighted by molar-refractivity contribution is 7.68. The zero-order valence-corrected chi connectivity index (χ0v) is 13.5. The summed E-state index contributed by atoms with van der Waals surface area (Å²) in [6.07, 6.45) is 8.97. The van der Waals surface area contributed by atoms with Crippen molar-refractivity contribution in [2.24, 2.45) is 0 Å². The Morgan fingerprint density at radius 1 is 1.00 bits per heavy atom. The molecule has 2 N–H and O–H groups in total. The first kappa shape index (κ1) is 14.0. The van der Waals surface area contributed by atoms with Crippen LogP contribution in [-0.2, 0) is 4.57 Å². The van der Waals surface area contributed by atoms with Gasteiger partial charge < -0.3 is 0 Å². The Bertz CT molecular complexity index is 526. The van der Waals surface area contributed by atoms with Gasteiger partial charge in [0.15, 0.2) is 10.3 Å². The Morgan fingerprint density at radius 2 is 1.55 bits per heavy atom. The lowest BCUT2D eigenvalue weighted by Crippen LogP contribution is -2.22. The van der Waals surface area contributed by atoms with Crippen molar-refractivity contribution in [3.8, 4) is 0 Å². The number of thiazole rings is 2. The number of hydrogen-bond acceptors (Lipinski definition) is 5. The second-order valence-electron chi connectivity index (χ2n) is 4.85. The van der Waals surface area contributed by atoms with Crippen molar-refractivity contribution < 1.29 is 4.57 Å². The van der Waals surface area contributed by atoms with Crippen molar-refractivity contribution in [1.29, 1.82) is 0 Å². The monoisotopic (exact) mass is 328 g/mol. The van der Waals surface area contributed by atoms with Gasteiger partial charge in [-0.25, -0.2) is 9.97 Å². The molecule has 0 aliphatic heterocycles. The van der Waals surface area contributed by atoms with E-state index in [1.807, 2.05) is 10.8 Å². The molecule has 108 valence electrons. The number of nitrogens with one attached hydrogen (secondary N) is 2. The van der Waals surface area contributed by atoms with E-state index in [1.54, 1.807) is 12.4 Å². The molecule has 0 atom stereocenters. The predicted molar refractivity (Wildman–Crippen MR) is 86.0 cm³/mol. The molecule has 0 radical (unpaired) electrons. The lowest BCUT2D eigenvalue weighted by Gasteiger charge is -2.31. The maximum Gasteiger partial charge on any atom is 0.264 e. The summed E-state index contributed by atoms with van der Waals surface area (Å²) in [6.45, 7) is 0. The third-order valence-electron chi connectivity index (χ3n) is 3.48. The summed E-state index contributed by atoms with van der Waals surface area (Å²) in [5.41, 5.74) is 0.157. The number of anilines is 2. The summed E-state index contributed by atoms with van der Waals surface area (Å²) < 4.78 is 13.4. The van der Waals surface area contributed by atoms with Gasteiger partial charge in [0.2, 0.25) is 0 Å². The van der Waals surface area contributed by atoms with Gasteiger partial charge in [0.25, 0.3) is 7.44 Å². The summed E-state index contributed by atoms with van der Waals surface area (Å²) in [5.74, 6) is 0. The van der Waals surface area contributed by atoms with Gasteiger partial charge in [0.1, 0.15) is 0 Å². The van der Waals surface area contributed by atoms with Crippen LogP contribution in [0.2, 0.25) is 0 Å². The van der Waals surface area contributed by atoms with Crippen molar-refractivity contribution in [2.45, 2.75) is 37.8 Å². The highest BCUT2D eigenvalue weighted by Crippen LogP contribution is 2.55. The van der Waals surface area contributed by atoms with Crippen molar-refractivity contribution >= 4 is 40.4 Å². The maximum atomic E-state index is 13.4. The molecule has 2 aromatic heterocycles. The van der Waals surface area contributed by atoms with E-state index in [0.29, 0.717) is 10.3 Å². The van der Waals surface area contributed by atoms with Crippen LogP contribution < -0.4 is 10.2 Å². The van der Waals surface area contributed by atoms with Gasteiger partial charge in [-0.1, -0.05) is 19.3 Å². The van der Waals surface area contributed by atoms with Crippen LogP contribution in [0.3, 0.4) is 0 Å². The second kappa shape index (κ2) is 6.24. The lowest BCUT2D eigenvalue weighted by molar-refractivity contribution is 0.486. The van der Waals surface area contributed by atoms with Gasteiger partial charge in [-0.2, -0.15) is 0 Å². The molecule has 2 aromatic rings. The fraction of sp³-hybridized carbons (Fsp3) is 0.500. The summed E-state index contributed by atoms with van der Waals surface area (Å²) >= 11 is 2.95. The van der Waals surface area contributed by atoms with E-state index in [9.17, 15) is 4.57 Å². The second-order valence-corrected chi connectivity index (χ2v) is 9.13. The molecule has 8 heteroatoms. The van der Waals surface area contributed by atoms with E-state index in [4.69, 9.17) is 0 Å². The molecule has 1 aliphatic carbocycles. The molecule has 1 fully saturated rings. The van der Waals surface area contributed by atoms with E-state index in [-0.39, 0.29) is 5.66 Å². The van der Waals surface area contributed by atoms with Crippen LogP contribution in [0.4, 0.5) is 10.3 Å². The summed E-state index contributed by atoms with van der Waals surface area (Å²) in [4.78, 5) is 8.41. The van der Waals surface area contributed by atoms with Gasteiger partial charge in [-0.15, -0.1) is 22.7 Å². The number of hydrogen-bond donors (Lipinski definition) is 2. The predicted octanol–water partition coefficient (Wildman–Crippen LogP) is 4.65. The van der Waals surface area contributed by atoms with Crippen LogP contribution in [0.25, 0.3) is 0 Å². The quantitative estimate of drug-likeness (QED) is 0.782. The van der Waals surface area contributed by atoms with Crippen LogP contribution in [0.15, 0.2) is 23.2 Å². The smallest absolute Gasteiger partial charge is 0.264 e. The molecule has 0 spiro atoms. The van der Waals surface area contributed by atoms with Crippen LogP contribution in [-0.4, -0.2) is 15.6 Å². The Balaban J connectivity index is 1.82. The van der Waals surface area contributed by atoms with Crippen molar-refractivity contribution in [2.75, 3.05) is 10.2 Å². The van der Waals surface area contributed by atoms with E-state index < -0.39 is 7.44 Å². The Morgan fingerprint density at radius 3 is 2.00 bits per heavy atom. The zero-order valence-electron chi connectivity index (χ0n) is 11.0. The average Bonchev–Trinajstić information content (AvgIpc) is 3.13. The van der Waals surface area contributed by atoms with Gasteiger partial charge >= 0.3 is 0 Å². The zero-order chi connectivity index (χ0) is 13.8. The SMILES string of the molecule is O=P(Nc1nccs1)(Nc1nccs1)C1CCCCC1. The molecule has 5 nitrogen and oxygen atoms in total. The topological polar surface area (TPSA) is 66.9 Å². The molecule has 1 aliphatic rings. The summed E-state index contributed by atoms with van der Waals surface area (Å²) in [6, 6.07) is 0. The molecule has 0 unspecified atom stereocenters. The van der Waals surface area contributed by atoms with Crippen molar-refractivity contribution in [1.82, 2.24) is 9.97 Å². The molecule has 20 heavy (non-hydrogen) atoms. The van der Waals surface area contributed by atoms with Crippen molar-refractivity contribution in [3.63, 3.8) is 0 Å². The minimum atomic E-state index is -2.78. The van der Waals surface area contributed by atoms with Gasteiger partial charge in [0, 0.05) is 28.8 Å². The van der Waals surface area contributed by atoms with E-state index in [2.05, 4.69) is 20.1 Å². The van der Waals surface area contributed by atoms with E-state index >= 15 is 0 Å². The first-order valence-corrected chi connectivity index (χ1v) is 10.2. The van der Waals surface area contributed by atoms with Crippen LogP contribution in [0, 0.1) is 0 Å². The minimum absolute atomic E-state index is 0.157. The third kappa shape index (κ3) is 3.22. The first-order valence-electron chi connectivity index (χ1n) is 6.71. The molecular formula is C12H17N4OPS2. The standard InChI is InChI=1S/C12H17N4OPS2/c17-18(10-4-2-1-3-5-10,15-11-13-6-8-19-11)16-12-14-7-9-20-12/h6-10H,1-5H2,(H2,13,14,15,16,17). The molecular weight excluding hydrogens is 311 g/mol. The molecule has 3 rings (SSSR count). The lowest BCUT2D eigenvalue weighted by atomic mass is 10.0. The van der Waals surface area contributed by atoms with Crippen LogP contribution in [0.5, 0.6) is 0 Å². The van der Waals surface area contributed by atoms with Gasteiger partial charge in [0.05, 0.1) is 0 Å². The molecule has 0 saturated heterocycles. The average molecular weight is 328 g/mol.